The van der Waals surface area contributed by atoms with Crippen LogP contribution in [0.5, 0.6) is 0 Å². The minimum absolute atomic E-state index is 0.0362. The van der Waals surface area contributed by atoms with E-state index in [-0.39, 0.29) is 29.4 Å². The molecule has 0 saturated carbocycles. The molecule has 6 nitrogen and oxygen atoms in total. The molecule has 1 fully saturated rings. The fourth-order valence-corrected chi connectivity index (χ4v) is 4.73. The van der Waals surface area contributed by atoms with Crippen molar-refractivity contribution in [3.05, 3.63) is 64.7 Å². The van der Waals surface area contributed by atoms with Gasteiger partial charge in [-0.25, -0.2) is 8.42 Å². The van der Waals surface area contributed by atoms with Crippen molar-refractivity contribution >= 4 is 27.3 Å². The molecule has 1 aliphatic heterocycles. The predicted octanol–water partition coefficient (Wildman–Crippen LogP) is 2.47. The largest absolute Gasteiger partial charge is 0.348 e. The van der Waals surface area contributed by atoms with Gasteiger partial charge in [0.25, 0.3) is 11.8 Å². The van der Waals surface area contributed by atoms with Gasteiger partial charge in [-0.1, -0.05) is 18.2 Å². The third-order valence-corrected chi connectivity index (χ3v) is 6.58. The highest BCUT2D eigenvalue weighted by Crippen LogP contribution is 2.19. The first-order valence-corrected chi connectivity index (χ1v) is 10.6. The van der Waals surface area contributed by atoms with Crippen LogP contribution in [0.4, 0.5) is 5.69 Å². The summed E-state index contributed by atoms with van der Waals surface area (Å²) >= 11 is 0. The number of carbonyl (C=O) groups is 2. The van der Waals surface area contributed by atoms with Crippen molar-refractivity contribution in [3.63, 3.8) is 0 Å². The summed E-state index contributed by atoms with van der Waals surface area (Å²) in [4.78, 5) is 25.0. The van der Waals surface area contributed by atoms with E-state index in [1.54, 1.807) is 18.2 Å². The van der Waals surface area contributed by atoms with Crippen LogP contribution in [0.3, 0.4) is 0 Å². The average molecular weight is 386 g/mol. The maximum atomic E-state index is 12.6. The summed E-state index contributed by atoms with van der Waals surface area (Å²) in [5.74, 6) is -0.623. The Labute approximate surface area is 158 Å². The first-order valence-electron chi connectivity index (χ1n) is 8.74. The van der Waals surface area contributed by atoms with E-state index in [4.69, 9.17) is 0 Å². The molecule has 1 atom stereocenters. The van der Waals surface area contributed by atoms with Crippen LogP contribution in [0, 0.1) is 13.8 Å². The number of rotatable bonds is 4. The summed E-state index contributed by atoms with van der Waals surface area (Å²) in [5, 5.41) is 5.60. The van der Waals surface area contributed by atoms with Gasteiger partial charge in [-0.05, 0) is 55.7 Å². The Balaban J connectivity index is 1.72. The molecule has 27 heavy (non-hydrogen) atoms. The van der Waals surface area contributed by atoms with Crippen LogP contribution >= 0.6 is 0 Å². The Morgan fingerprint density at radius 2 is 1.67 bits per heavy atom. The Morgan fingerprint density at radius 1 is 1.00 bits per heavy atom. The molecule has 2 amide bonds. The highest BCUT2D eigenvalue weighted by molar-refractivity contribution is 7.91. The second-order valence-corrected chi connectivity index (χ2v) is 9.08. The van der Waals surface area contributed by atoms with Crippen LogP contribution in [0.15, 0.2) is 42.5 Å². The van der Waals surface area contributed by atoms with E-state index in [0.29, 0.717) is 17.5 Å². The van der Waals surface area contributed by atoms with Gasteiger partial charge in [-0.15, -0.1) is 0 Å². The zero-order valence-electron chi connectivity index (χ0n) is 15.3. The fraction of sp³-hybridized carbons (Fsp3) is 0.300. The van der Waals surface area contributed by atoms with Crippen molar-refractivity contribution in [1.29, 1.82) is 0 Å². The van der Waals surface area contributed by atoms with Crippen LogP contribution in [-0.2, 0) is 9.84 Å². The van der Waals surface area contributed by atoms with Crippen LogP contribution < -0.4 is 10.6 Å². The summed E-state index contributed by atoms with van der Waals surface area (Å²) in [6.45, 7) is 3.91. The molecule has 2 aromatic carbocycles. The van der Waals surface area contributed by atoms with E-state index in [9.17, 15) is 18.0 Å². The van der Waals surface area contributed by atoms with Crippen LogP contribution in [0.25, 0.3) is 0 Å². The molecule has 7 heteroatoms. The van der Waals surface area contributed by atoms with E-state index in [0.717, 1.165) is 16.8 Å². The van der Waals surface area contributed by atoms with Gasteiger partial charge in [0.05, 0.1) is 11.5 Å². The van der Waals surface area contributed by atoms with E-state index in [1.165, 1.54) is 6.07 Å². The Bertz CT molecular complexity index is 999. The molecule has 142 valence electrons. The lowest BCUT2D eigenvalue weighted by molar-refractivity contribution is 0.0941. The molecular weight excluding hydrogens is 364 g/mol. The molecule has 2 N–H and O–H groups in total. The fourth-order valence-electron chi connectivity index (χ4n) is 3.06. The predicted molar refractivity (Wildman–Crippen MR) is 105 cm³/mol. The van der Waals surface area contributed by atoms with Crippen molar-refractivity contribution in [2.75, 3.05) is 16.8 Å². The molecular formula is C20H22N2O4S. The average Bonchev–Trinajstić information content (AvgIpc) is 2.97. The van der Waals surface area contributed by atoms with Crippen molar-refractivity contribution in [3.8, 4) is 0 Å². The van der Waals surface area contributed by atoms with E-state index >= 15 is 0 Å². The monoisotopic (exact) mass is 386 g/mol. The lowest BCUT2D eigenvalue weighted by Gasteiger charge is -2.12. The van der Waals surface area contributed by atoms with Gasteiger partial charge in [0.1, 0.15) is 0 Å². The summed E-state index contributed by atoms with van der Waals surface area (Å²) in [6, 6.07) is 11.7. The number of sulfone groups is 1. The number of amides is 2. The third-order valence-electron chi connectivity index (χ3n) is 4.81. The zero-order chi connectivity index (χ0) is 19.6. The Kier molecular flexibility index (Phi) is 5.32. The van der Waals surface area contributed by atoms with Crippen molar-refractivity contribution in [2.24, 2.45) is 0 Å². The van der Waals surface area contributed by atoms with E-state index in [1.807, 2.05) is 32.0 Å². The standard InChI is InChI=1S/C20H22N2O4S/c1-13-5-3-8-18(14(13)2)22-20(24)16-7-4-6-15(11-16)19(23)21-17-9-10-27(25,26)12-17/h3-8,11,17H,9-10,12H2,1-2H3,(H,21,23)(H,22,24). The lowest BCUT2D eigenvalue weighted by Crippen LogP contribution is -2.35. The zero-order valence-corrected chi connectivity index (χ0v) is 16.1. The second-order valence-electron chi connectivity index (χ2n) is 6.86. The van der Waals surface area contributed by atoms with Gasteiger partial charge in [0, 0.05) is 22.9 Å². The molecule has 1 saturated heterocycles. The highest BCUT2D eigenvalue weighted by Gasteiger charge is 2.29. The minimum atomic E-state index is -3.07. The smallest absolute Gasteiger partial charge is 0.255 e. The quantitative estimate of drug-likeness (QED) is 0.844. The molecule has 0 radical (unpaired) electrons. The molecule has 1 heterocycles. The molecule has 0 aliphatic carbocycles. The van der Waals surface area contributed by atoms with Crippen LogP contribution in [0.1, 0.15) is 38.3 Å². The topological polar surface area (TPSA) is 92.3 Å². The van der Waals surface area contributed by atoms with Crippen molar-refractivity contribution in [2.45, 2.75) is 26.3 Å². The molecule has 0 bridgehead atoms. The molecule has 1 aliphatic rings. The summed E-state index contributed by atoms with van der Waals surface area (Å²) in [6.07, 6.45) is 0.418. The maximum Gasteiger partial charge on any atom is 0.255 e. The number of anilines is 1. The second kappa shape index (κ2) is 7.52. The molecule has 3 rings (SSSR count). The third kappa shape index (κ3) is 4.54. The number of hydrogen-bond acceptors (Lipinski definition) is 4. The van der Waals surface area contributed by atoms with Gasteiger partial charge < -0.3 is 10.6 Å². The molecule has 1 unspecified atom stereocenters. The number of benzene rings is 2. The maximum absolute atomic E-state index is 12.6. The first kappa shape index (κ1) is 19.1. The number of nitrogens with one attached hydrogen (secondary N) is 2. The summed E-state index contributed by atoms with van der Waals surface area (Å²) in [5.41, 5.74) is 3.48. The lowest BCUT2D eigenvalue weighted by atomic mass is 10.1. The normalized spacial score (nSPS) is 18.1. The van der Waals surface area contributed by atoms with Crippen molar-refractivity contribution < 1.29 is 18.0 Å². The SMILES string of the molecule is Cc1cccc(NC(=O)c2cccc(C(=O)NC3CCS(=O)(=O)C3)c2)c1C. The molecule has 0 spiro atoms. The summed E-state index contributed by atoms with van der Waals surface area (Å²) < 4.78 is 23.0. The van der Waals surface area contributed by atoms with Gasteiger partial charge in [0.15, 0.2) is 9.84 Å². The Morgan fingerprint density at radius 3 is 2.33 bits per heavy atom. The van der Waals surface area contributed by atoms with Crippen LogP contribution in [0.2, 0.25) is 0 Å². The van der Waals surface area contributed by atoms with Crippen LogP contribution in [-0.4, -0.2) is 37.8 Å². The van der Waals surface area contributed by atoms with Gasteiger partial charge in [0.2, 0.25) is 0 Å². The highest BCUT2D eigenvalue weighted by atomic mass is 32.2. The number of carbonyl (C=O) groups excluding carboxylic acids is 2. The number of hydrogen-bond donors (Lipinski definition) is 2. The van der Waals surface area contributed by atoms with Gasteiger partial charge >= 0.3 is 0 Å². The first-order chi connectivity index (χ1) is 12.7. The Hall–Kier alpha value is -2.67. The van der Waals surface area contributed by atoms with Crippen molar-refractivity contribution in [1.82, 2.24) is 5.32 Å². The van der Waals surface area contributed by atoms with Gasteiger partial charge in [-0.3, -0.25) is 9.59 Å². The minimum Gasteiger partial charge on any atom is -0.348 e. The molecule has 2 aromatic rings. The summed E-state index contributed by atoms with van der Waals surface area (Å²) in [7, 11) is -3.07. The van der Waals surface area contributed by atoms with E-state index < -0.39 is 9.84 Å². The van der Waals surface area contributed by atoms with Gasteiger partial charge in [-0.2, -0.15) is 0 Å². The molecule has 0 aromatic heterocycles. The number of aryl methyl sites for hydroxylation is 1. The van der Waals surface area contributed by atoms with E-state index in [2.05, 4.69) is 10.6 Å².